The Morgan fingerprint density at radius 2 is 1.90 bits per heavy atom. The van der Waals surface area contributed by atoms with E-state index in [-0.39, 0.29) is 12.3 Å². The van der Waals surface area contributed by atoms with Crippen LogP contribution in [-0.4, -0.2) is 54.0 Å². The molecule has 0 unspecified atom stereocenters. The minimum atomic E-state index is -0.106. The lowest BCUT2D eigenvalue weighted by Gasteiger charge is -2.33. The van der Waals surface area contributed by atoms with E-state index in [1.54, 1.807) is 6.20 Å². The van der Waals surface area contributed by atoms with Gasteiger partial charge in [-0.3, -0.25) is 4.79 Å². The molecule has 0 bridgehead atoms. The number of piperazine rings is 1. The van der Waals surface area contributed by atoms with Crippen LogP contribution in [0.15, 0.2) is 48.0 Å². The summed E-state index contributed by atoms with van der Waals surface area (Å²) in [6.07, 6.45) is 1.94. The van der Waals surface area contributed by atoms with Crippen LogP contribution >= 0.6 is 11.3 Å². The van der Waals surface area contributed by atoms with E-state index < -0.39 is 0 Å². The lowest BCUT2D eigenvalue weighted by Crippen LogP contribution is -2.44. The number of thiazole rings is 1. The molecule has 0 radical (unpaired) electrons. The van der Waals surface area contributed by atoms with Crippen molar-refractivity contribution in [3.8, 4) is 5.75 Å². The van der Waals surface area contributed by atoms with Crippen LogP contribution in [0.1, 0.15) is 16.3 Å². The molecule has 3 aromatic rings. The van der Waals surface area contributed by atoms with Gasteiger partial charge in [-0.25, -0.2) is 9.97 Å². The van der Waals surface area contributed by atoms with E-state index in [1.807, 2.05) is 48.7 Å². The first-order chi connectivity index (χ1) is 15.0. The number of carbonyl (C=O) groups is 1. The second kappa shape index (κ2) is 9.89. The Morgan fingerprint density at radius 3 is 2.61 bits per heavy atom. The van der Waals surface area contributed by atoms with Gasteiger partial charge in [0.15, 0.2) is 0 Å². The number of ether oxygens (including phenoxy) is 1. The monoisotopic (exact) mass is 437 g/mol. The lowest BCUT2D eigenvalue weighted by molar-refractivity contribution is -0.115. The molecule has 1 saturated heterocycles. The second-order valence-electron chi connectivity index (χ2n) is 7.75. The first-order valence-corrected chi connectivity index (χ1v) is 11.3. The highest BCUT2D eigenvalue weighted by molar-refractivity contribution is 7.09. The van der Waals surface area contributed by atoms with Crippen molar-refractivity contribution in [1.29, 1.82) is 0 Å². The molecule has 3 heterocycles. The number of rotatable bonds is 7. The molecule has 1 aliphatic heterocycles. The zero-order chi connectivity index (χ0) is 21.6. The fraction of sp³-hybridized carbons (Fsp3) is 0.348. The van der Waals surface area contributed by atoms with Gasteiger partial charge in [0.25, 0.3) is 0 Å². The number of carbonyl (C=O) groups excluding carboxylic acids is 1. The summed E-state index contributed by atoms with van der Waals surface area (Å²) in [5.74, 6) is 1.65. The van der Waals surface area contributed by atoms with Gasteiger partial charge >= 0.3 is 0 Å². The number of benzene rings is 1. The predicted octanol–water partition coefficient (Wildman–Crippen LogP) is 3.36. The van der Waals surface area contributed by atoms with E-state index in [2.05, 4.69) is 32.1 Å². The molecule has 31 heavy (non-hydrogen) atoms. The van der Waals surface area contributed by atoms with Gasteiger partial charge in [0, 0.05) is 31.6 Å². The molecule has 1 aliphatic rings. The topological polar surface area (TPSA) is 70.6 Å². The number of aryl methyl sites for hydroxylation is 1. The summed E-state index contributed by atoms with van der Waals surface area (Å²) in [6.45, 7) is 6.44. The van der Waals surface area contributed by atoms with Crippen LogP contribution in [0.4, 0.5) is 11.5 Å². The molecular weight excluding hydrogens is 410 g/mol. The van der Waals surface area contributed by atoms with Crippen molar-refractivity contribution in [2.45, 2.75) is 20.0 Å². The minimum absolute atomic E-state index is 0.106. The molecule has 0 saturated carbocycles. The van der Waals surface area contributed by atoms with E-state index in [0.717, 1.165) is 48.4 Å². The molecule has 162 valence electrons. The maximum absolute atomic E-state index is 12.4. The number of nitrogens with zero attached hydrogens (tertiary/aromatic N) is 4. The molecule has 8 heteroatoms. The molecule has 0 spiro atoms. The third-order valence-electron chi connectivity index (χ3n) is 5.18. The van der Waals surface area contributed by atoms with Gasteiger partial charge in [-0.05, 0) is 38.2 Å². The normalized spacial score (nSPS) is 14.5. The summed E-state index contributed by atoms with van der Waals surface area (Å²) in [5, 5.41) is 5.66. The fourth-order valence-corrected chi connectivity index (χ4v) is 4.03. The zero-order valence-electron chi connectivity index (χ0n) is 17.9. The van der Waals surface area contributed by atoms with Crippen LogP contribution in [0.2, 0.25) is 0 Å². The minimum Gasteiger partial charge on any atom is -0.486 e. The number of likely N-dealkylation sites (N-methyl/N-ethyl adjacent to an activating group) is 1. The summed E-state index contributed by atoms with van der Waals surface area (Å²) in [7, 11) is 2.13. The Bertz CT molecular complexity index is 996. The van der Waals surface area contributed by atoms with Crippen LogP contribution in [0, 0.1) is 6.92 Å². The maximum atomic E-state index is 12.4. The molecule has 7 nitrogen and oxygen atoms in total. The van der Waals surface area contributed by atoms with Crippen LogP contribution in [-0.2, 0) is 17.8 Å². The van der Waals surface area contributed by atoms with E-state index in [0.29, 0.717) is 12.3 Å². The highest BCUT2D eigenvalue weighted by atomic mass is 32.1. The summed E-state index contributed by atoms with van der Waals surface area (Å²) in [5.41, 5.74) is 2.63. The zero-order valence-corrected chi connectivity index (χ0v) is 18.7. The van der Waals surface area contributed by atoms with Gasteiger partial charge in [-0.1, -0.05) is 17.7 Å². The van der Waals surface area contributed by atoms with E-state index in [4.69, 9.17) is 4.74 Å². The summed E-state index contributed by atoms with van der Waals surface area (Å²) < 4.78 is 5.76. The molecule has 1 N–H and O–H groups in total. The Morgan fingerprint density at radius 1 is 1.13 bits per heavy atom. The number of hydrogen-bond donors (Lipinski definition) is 1. The molecule has 1 aromatic carbocycles. The highest BCUT2D eigenvalue weighted by Crippen LogP contribution is 2.18. The number of hydrogen-bond acceptors (Lipinski definition) is 7. The van der Waals surface area contributed by atoms with Crippen molar-refractivity contribution >= 4 is 28.7 Å². The number of pyridine rings is 1. The predicted molar refractivity (Wildman–Crippen MR) is 124 cm³/mol. The van der Waals surface area contributed by atoms with E-state index in [1.165, 1.54) is 16.9 Å². The number of anilines is 2. The SMILES string of the molecule is Cc1ccc(OCc2nc(CC(=O)Nc3ccc(N4CCN(C)CC4)nc3)cs2)cc1. The number of nitrogens with one attached hydrogen (secondary N) is 1. The summed E-state index contributed by atoms with van der Waals surface area (Å²) in [4.78, 5) is 26.0. The Kier molecular flexibility index (Phi) is 6.79. The van der Waals surface area contributed by atoms with Crippen molar-refractivity contribution in [3.63, 3.8) is 0 Å². The van der Waals surface area contributed by atoms with Gasteiger partial charge in [0.05, 0.1) is 24.0 Å². The Balaban J connectivity index is 1.25. The molecular formula is C23H27N5O2S. The van der Waals surface area contributed by atoms with Crippen LogP contribution in [0.5, 0.6) is 5.75 Å². The van der Waals surface area contributed by atoms with Crippen molar-refractivity contribution in [2.75, 3.05) is 43.4 Å². The van der Waals surface area contributed by atoms with E-state index >= 15 is 0 Å². The van der Waals surface area contributed by atoms with Crippen molar-refractivity contribution in [3.05, 3.63) is 64.2 Å². The number of amides is 1. The van der Waals surface area contributed by atoms with Crippen LogP contribution in [0.3, 0.4) is 0 Å². The van der Waals surface area contributed by atoms with Crippen molar-refractivity contribution < 1.29 is 9.53 Å². The quantitative estimate of drug-likeness (QED) is 0.611. The fourth-order valence-electron chi connectivity index (χ4n) is 3.33. The largest absolute Gasteiger partial charge is 0.486 e. The average molecular weight is 438 g/mol. The van der Waals surface area contributed by atoms with Crippen LogP contribution in [0.25, 0.3) is 0 Å². The third-order valence-corrected chi connectivity index (χ3v) is 6.05. The Labute approximate surface area is 186 Å². The van der Waals surface area contributed by atoms with Gasteiger partial charge < -0.3 is 19.9 Å². The standard InChI is InChI=1S/C23H27N5O2S/c1-17-3-6-20(7-4-17)30-15-23-26-19(16-31-23)13-22(29)25-18-5-8-21(24-14-18)28-11-9-27(2)10-12-28/h3-8,14,16H,9-13,15H2,1-2H3,(H,25,29). The van der Waals surface area contributed by atoms with Gasteiger partial charge in [0.1, 0.15) is 23.2 Å². The molecule has 2 aromatic heterocycles. The summed E-state index contributed by atoms with van der Waals surface area (Å²) in [6, 6.07) is 11.8. The molecule has 1 fully saturated rings. The third kappa shape index (κ3) is 6.02. The molecule has 0 atom stereocenters. The van der Waals surface area contributed by atoms with E-state index in [9.17, 15) is 4.79 Å². The van der Waals surface area contributed by atoms with Gasteiger partial charge in [0.2, 0.25) is 5.91 Å². The maximum Gasteiger partial charge on any atom is 0.230 e. The number of aromatic nitrogens is 2. The first-order valence-electron chi connectivity index (χ1n) is 10.4. The van der Waals surface area contributed by atoms with Gasteiger partial charge in [-0.15, -0.1) is 11.3 Å². The van der Waals surface area contributed by atoms with Gasteiger partial charge in [-0.2, -0.15) is 0 Å². The van der Waals surface area contributed by atoms with Crippen molar-refractivity contribution in [1.82, 2.24) is 14.9 Å². The Hall–Kier alpha value is -2.97. The van der Waals surface area contributed by atoms with Crippen LogP contribution < -0.4 is 15.0 Å². The van der Waals surface area contributed by atoms with Crippen molar-refractivity contribution in [2.24, 2.45) is 0 Å². The average Bonchev–Trinajstić information content (AvgIpc) is 3.21. The molecule has 4 rings (SSSR count). The second-order valence-corrected chi connectivity index (χ2v) is 8.70. The lowest BCUT2D eigenvalue weighted by atomic mass is 10.2. The summed E-state index contributed by atoms with van der Waals surface area (Å²) >= 11 is 1.50. The first kappa shape index (κ1) is 21.3. The molecule has 0 aliphatic carbocycles. The molecule has 1 amide bonds. The smallest absolute Gasteiger partial charge is 0.230 e. The highest BCUT2D eigenvalue weighted by Gasteiger charge is 2.15.